The van der Waals surface area contributed by atoms with Gasteiger partial charge < -0.3 is 14.4 Å². The van der Waals surface area contributed by atoms with Crippen molar-refractivity contribution in [3.63, 3.8) is 0 Å². The van der Waals surface area contributed by atoms with Gasteiger partial charge in [-0.15, -0.1) is 0 Å². The summed E-state index contributed by atoms with van der Waals surface area (Å²) in [6.45, 7) is 2.27. The molecule has 2 aromatic carbocycles. The Kier molecular flexibility index (Phi) is 4.56. The molecule has 0 saturated carbocycles. The third-order valence-electron chi connectivity index (χ3n) is 4.03. The summed E-state index contributed by atoms with van der Waals surface area (Å²) in [5.41, 5.74) is 0.836. The third-order valence-corrected chi connectivity index (χ3v) is 4.03. The first-order chi connectivity index (χ1) is 12.0. The summed E-state index contributed by atoms with van der Waals surface area (Å²) in [6, 6.07) is 11.7. The number of para-hydroxylation sites is 2. The van der Waals surface area contributed by atoms with Gasteiger partial charge in [0.2, 0.25) is 0 Å². The Balaban J connectivity index is 1.79. The van der Waals surface area contributed by atoms with Gasteiger partial charge in [0.1, 0.15) is 6.61 Å². The van der Waals surface area contributed by atoms with E-state index in [1.54, 1.807) is 6.07 Å². The zero-order chi connectivity index (χ0) is 18.0. The van der Waals surface area contributed by atoms with Crippen LogP contribution in [0.1, 0.15) is 17.3 Å². The Hall–Kier alpha value is -3.09. The number of carbonyl (C=O) groups excluding carboxylic acids is 1. The zero-order valence-electron chi connectivity index (χ0n) is 14.0. The average Bonchev–Trinajstić information content (AvgIpc) is 2.60. The second kappa shape index (κ2) is 6.80. The van der Waals surface area contributed by atoms with Crippen molar-refractivity contribution in [2.45, 2.75) is 13.0 Å². The van der Waals surface area contributed by atoms with Crippen LogP contribution in [0.3, 0.4) is 0 Å². The number of nitro benzene ring substituents is 1. The number of nitrogens with zero attached hydrogens (tertiary/aromatic N) is 2. The molecule has 1 aliphatic rings. The van der Waals surface area contributed by atoms with Crippen molar-refractivity contribution in [3.05, 3.63) is 58.1 Å². The van der Waals surface area contributed by atoms with Crippen molar-refractivity contribution in [2.24, 2.45) is 0 Å². The summed E-state index contributed by atoms with van der Waals surface area (Å²) in [5, 5.41) is 10.9. The minimum absolute atomic E-state index is 0.103. The maximum atomic E-state index is 11.9. The molecule has 0 saturated heterocycles. The lowest BCUT2D eigenvalue weighted by Gasteiger charge is -2.31. The fraction of sp³-hybridized carbons (Fsp3) is 0.278. The standard InChI is InChI=1S/C18H18N2O5/c1-12(21)15-9-13(20(22)23)7-8-16(15)19(2)10-14-11-24-17-5-3-4-6-18(17)25-14/h3-9,14H,10-11H2,1-2H3/t14-/m1/s1. The minimum Gasteiger partial charge on any atom is -0.486 e. The van der Waals surface area contributed by atoms with Gasteiger partial charge in [-0.25, -0.2) is 0 Å². The van der Waals surface area contributed by atoms with E-state index in [0.717, 1.165) is 0 Å². The molecule has 1 aliphatic heterocycles. The fourth-order valence-electron chi connectivity index (χ4n) is 2.81. The molecule has 0 fully saturated rings. The Bertz CT molecular complexity index is 821. The van der Waals surface area contributed by atoms with Crippen LogP contribution < -0.4 is 14.4 Å². The van der Waals surface area contributed by atoms with E-state index in [2.05, 4.69) is 0 Å². The van der Waals surface area contributed by atoms with E-state index in [9.17, 15) is 14.9 Å². The number of non-ortho nitro benzene ring substituents is 1. The highest BCUT2D eigenvalue weighted by Crippen LogP contribution is 2.32. The molecule has 0 aromatic heterocycles. The maximum absolute atomic E-state index is 11.9. The van der Waals surface area contributed by atoms with Crippen LogP contribution in [-0.4, -0.2) is 37.0 Å². The second-order valence-corrected chi connectivity index (χ2v) is 5.89. The molecule has 0 bridgehead atoms. The number of hydrogen-bond donors (Lipinski definition) is 0. The first-order valence-electron chi connectivity index (χ1n) is 7.84. The van der Waals surface area contributed by atoms with Gasteiger partial charge in [-0.05, 0) is 25.1 Å². The van der Waals surface area contributed by atoms with Gasteiger partial charge in [0.25, 0.3) is 5.69 Å². The van der Waals surface area contributed by atoms with E-state index in [0.29, 0.717) is 35.9 Å². The van der Waals surface area contributed by atoms with Crippen LogP contribution >= 0.6 is 0 Å². The summed E-state index contributed by atoms with van der Waals surface area (Å²) in [6.07, 6.45) is -0.213. The highest BCUT2D eigenvalue weighted by molar-refractivity contribution is 6.00. The van der Waals surface area contributed by atoms with Gasteiger partial charge in [0.05, 0.1) is 11.5 Å². The first-order valence-corrected chi connectivity index (χ1v) is 7.84. The number of fused-ring (bicyclic) bond motifs is 1. The van der Waals surface area contributed by atoms with E-state index in [-0.39, 0.29) is 17.6 Å². The smallest absolute Gasteiger partial charge is 0.270 e. The molecule has 0 amide bonds. The summed E-state index contributed by atoms with van der Waals surface area (Å²) in [7, 11) is 1.82. The Morgan fingerprint density at radius 1 is 1.28 bits per heavy atom. The molecule has 1 heterocycles. The highest BCUT2D eigenvalue weighted by atomic mass is 16.6. The van der Waals surface area contributed by atoms with Crippen LogP contribution in [0.25, 0.3) is 0 Å². The first kappa shape index (κ1) is 16.8. The largest absolute Gasteiger partial charge is 0.486 e. The normalized spacial score (nSPS) is 15.5. The van der Waals surface area contributed by atoms with E-state index in [4.69, 9.17) is 9.47 Å². The Labute approximate surface area is 144 Å². The number of carbonyl (C=O) groups is 1. The number of rotatable bonds is 5. The molecule has 1 atom stereocenters. The van der Waals surface area contributed by atoms with Crippen molar-refractivity contribution < 1.29 is 19.2 Å². The lowest BCUT2D eigenvalue weighted by Crippen LogP contribution is -2.39. The number of likely N-dealkylation sites (N-methyl/N-ethyl adjacent to an activating group) is 1. The number of hydrogen-bond acceptors (Lipinski definition) is 6. The van der Waals surface area contributed by atoms with Gasteiger partial charge in [0.15, 0.2) is 23.4 Å². The van der Waals surface area contributed by atoms with Gasteiger partial charge in [-0.2, -0.15) is 0 Å². The number of benzene rings is 2. The van der Waals surface area contributed by atoms with E-state index in [1.165, 1.54) is 19.1 Å². The Morgan fingerprint density at radius 3 is 2.68 bits per heavy atom. The van der Waals surface area contributed by atoms with Crippen molar-refractivity contribution in [1.29, 1.82) is 0 Å². The van der Waals surface area contributed by atoms with Gasteiger partial charge >= 0.3 is 0 Å². The molecule has 3 rings (SSSR count). The fourth-order valence-corrected chi connectivity index (χ4v) is 2.81. The van der Waals surface area contributed by atoms with Crippen LogP contribution in [0.4, 0.5) is 11.4 Å². The molecule has 0 unspecified atom stereocenters. The average molecular weight is 342 g/mol. The molecule has 0 radical (unpaired) electrons. The lowest BCUT2D eigenvalue weighted by atomic mass is 10.1. The van der Waals surface area contributed by atoms with Crippen LogP contribution in [0.5, 0.6) is 11.5 Å². The van der Waals surface area contributed by atoms with Gasteiger partial charge in [0, 0.05) is 30.4 Å². The van der Waals surface area contributed by atoms with E-state index >= 15 is 0 Å². The quantitative estimate of drug-likeness (QED) is 0.472. The second-order valence-electron chi connectivity index (χ2n) is 5.89. The van der Waals surface area contributed by atoms with Crippen LogP contribution in [-0.2, 0) is 0 Å². The summed E-state index contributed by atoms with van der Waals surface area (Å²) < 4.78 is 11.6. The van der Waals surface area contributed by atoms with E-state index in [1.807, 2.05) is 36.2 Å². The number of ether oxygens (including phenoxy) is 2. The SMILES string of the molecule is CC(=O)c1cc([N+](=O)[O-])ccc1N(C)C[C@@H]1COc2ccccc2O1. The van der Waals surface area contributed by atoms with Crippen molar-refractivity contribution in [3.8, 4) is 11.5 Å². The molecule has 2 aromatic rings. The number of anilines is 1. The highest BCUT2D eigenvalue weighted by Gasteiger charge is 2.24. The van der Waals surface area contributed by atoms with Crippen molar-refractivity contribution >= 4 is 17.2 Å². The van der Waals surface area contributed by atoms with Crippen molar-refractivity contribution in [2.75, 3.05) is 25.1 Å². The summed E-state index contributed by atoms with van der Waals surface area (Å²) >= 11 is 0. The minimum atomic E-state index is -0.509. The third kappa shape index (κ3) is 3.55. The molecule has 7 nitrogen and oxygen atoms in total. The van der Waals surface area contributed by atoms with Crippen LogP contribution in [0.15, 0.2) is 42.5 Å². The van der Waals surface area contributed by atoms with Gasteiger partial charge in [-0.3, -0.25) is 14.9 Å². The molecule has 25 heavy (non-hydrogen) atoms. The van der Waals surface area contributed by atoms with Crippen molar-refractivity contribution in [1.82, 2.24) is 0 Å². The molecular weight excluding hydrogens is 324 g/mol. The molecule has 7 heteroatoms. The van der Waals surface area contributed by atoms with Crippen LogP contribution in [0, 0.1) is 10.1 Å². The number of ketones is 1. The summed E-state index contributed by atoms with van der Waals surface area (Å²) in [5.74, 6) is 1.17. The van der Waals surface area contributed by atoms with E-state index < -0.39 is 4.92 Å². The molecule has 0 aliphatic carbocycles. The number of nitro groups is 1. The van der Waals surface area contributed by atoms with Gasteiger partial charge in [-0.1, -0.05) is 12.1 Å². The predicted octanol–water partition coefficient (Wildman–Crippen LogP) is 3.07. The Morgan fingerprint density at radius 2 is 2.00 bits per heavy atom. The van der Waals surface area contributed by atoms with Crippen LogP contribution in [0.2, 0.25) is 0 Å². The lowest BCUT2D eigenvalue weighted by molar-refractivity contribution is -0.384. The molecule has 0 N–H and O–H groups in total. The number of Topliss-reactive ketones (excluding diaryl/α,β-unsaturated/α-hetero) is 1. The predicted molar refractivity (Wildman–Crippen MR) is 92.7 cm³/mol. The monoisotopic (exact) mass is 342 g/mol. The molecular formula is C18H18N2O5. The zero-order valence-corrected chi connectivity index (χ0v) is 14.0. The maximum Gasteiger partial charge on any atom is 0.270 e. The molecule has 130 valence electrons. The topological polar surface area (TPSA) is 81.9 Å². The summed E-state index contributed by atoms with van der Waals surface area (Å²) in [4.78, 5) is 24.2. The molecule has 0 spiro atoms.